The lowest BCUT2D eigenvalue weighted by atomic mass is 9.98. The van der Waals surface area contributed by atoms with E-state index in [4.69, 9.17) is 9.47 Å². The van der Waals surface area contributed by atoms with Crippen molar-refractivity contribution in [2.24, 2.45) is 5.92 Å². The maximum absolute atomic E-state index is 10.9. The summed E-state index contributed by atoms with van der Waals surface area (Å²) in [6.07, 6.45) is 25.5. The van der Waals surface area contributed by atoms with Crippen molar-refractivity contribution >= 4 is 9.84 Å². The molecule has 0 aromatic carbocycles. The smallest absolute Gasteiger partial charge is 0.152 e. The Morgan fingerprint density at radius 1 is 0.453 bits per heavy atom. The van der Waals surface area contributed by atoms with Crippen LogP contribution >= 0.6 is 0 Å². The van der Waals surface area contributed by atoms with Gasteiger partial charge in [0.05, 0.1) is 31.0 Å². The van der Waals surface area contributed by atoms with Gasteiger partial charge in [0.2, 0.25) is 0 Å². The van der Waals surface area contributed by atoms with Crippen LogP contribution in [0.25, 0.3) is 0 Å². The van der Waals surface area contributed by atoms with Crippen LogP contribution in [0.1, 0.15) is 159 Å². The number of aromatic nitrogens is 3. The molecule has 0 aliphatic carbocycles. The number of hydrogen-bond acceptors (Lipinski definition) is 19. The molecule has 0 unspecified atom stereocenters. The standard InChI is InChI=1S/C7H14N2.C7H16N2.C7H9N.C7H15N.C7H14O.C6H14N2.C6H13NO2S.C6H13NO.C6H13N.C5H12N2.C5H8N2.C5H11N/c1-2-9-5-6-3-7(9)4-8-6;1-2-9-6-3-4-8-5-7-9;1-2-7-3-5-8-6-4-7;1-2-8-6-4-3-5-7-8;1-2-7-3-5-8-6-4-7;1-2-8-5-3-7-4-6-8;1-2-7-3-5-10(8,9)6-4-7;1-2-7-3-5-8-6-4-7;1-2-7-5-3-4-6-7;2*1-2-7-4-3-6-5-7;1-2-6-4-3-5-6/h6-8H,2-5H2,1H3;8H,2-7H2,1H3;3-6H,2H2,1H3;2-7H2,1H3;2*7H,2-6H2,1H3;2-6H2,1H3;2-6H2,1H3;2-6H2,1H3;6H,2-5H2,1H3;3-5H,2H2,1H3;2-5H2,1H3/t6-,7-;;;;;;;;;;;/m0.........../s1. The summed E-state index contributed by atoms with van der Waals surface area (Å²) in [5.74, 6) is 1.66. The van der Waals surface area contributed by atoms with Crippen molar-refractivity contribution < 1.29 is 17.9 Å². The fraction of sp³-hybridized carbons (Fsp3) is 0.892. The zero-order valence-corrected chi connectivity index (χ0v) is 64.6. The van der Waals surface area contributed by atoms with Crippen LogP contribution in [-0.2, 0) is 32.3 Å². The van der Waals surface area contributed by atoms with Crippen molar-refractivity contribution in [2.45, 2.75) is 179 Å². The second-order valence-electron chi connectivity index (χ2n) is 26.3. The van der Waals surface area contributed by atoms with Crippen LogP contribution in [0.3, 0.4) is 0 Å². The van der Waals surface area contributed by atoms with E-state index in [2.05, 4.69) is 158 Å². The molecule has 13 rings (SSSR count). The summed E-state index contributed by atoms with van der Waals surface area (Å²) in [5, 5.41) is 13.4. The Balaban J connectivity index is 0.000000353. The Hall–Kier alpha value is -2.29. The number of hydrogen-bond donors (Lipinski definition) is 4. The molecule has 11 saturated heterocycles. The first-order valence-corrected chi connectivity index (χ1v) is 40.8. The molecule has 0 radical (unpaired) electrons. The molecule has 4 N–H and O–H groups in total. The first-order valence-electron chi connectivity index (χ1n) is 38.9. The number of ether oxygens (including phenoxy) is 2. The maximum atomic E-state index is 10.9. The average Bonchev–Trinajstić information content (AvgIpc) is 1.76. The molecule has 20 nitrogen and oxygen atoms in total. The highest BCUT2D eigenvalue weighted by Gasteiger charge is 2.36. The van der Waals surface area contributed by atoms with Crippen molar-refractivity contribution in [2.75, 3.05) is 247 Å². The maximum Gasteiger partial charge on any atom is 0.152 e. The molecule has 11 aliphatic heterocycles. The van der Waals surface area contributed by atoms with Gasteiger partial charge in [-0.15, -0.1) is 0 Å². The molecule has 21 heteroatoms. The minimum atomic E-state index is -2.67. The molecule has 0 amide bonds. The lowest BCUT2D eigenvalue weighted by molar-refractivity contribution is 0.0405. The van der Waals surface area contributed by atoms with Crippen molar-refractivity contribution in [3.8, 4) is 0 Å². The van der Waals surface area contributed by atoms with E-state index in [-0.39, 0.29) is 0 Å². The number of nitrogens with zero attached hydrogens (tertiary/aromatic N) is 12. The first kappa shape index (κ1) is 88.8. The number of imidazole rings is 1. The van der Waals surface area contributed by atoms with Gasteiger partial charge < -0.3 is 64.7 Å². The number of likely N-dealkylation sites (tertiary alicyclic amines) is 4. The number of pyridine rings is 1. The summed E-state index contributed by atoms with van der Waals surface area (Å²) in [7, 11) is -2.67. The second-order valence-corrected chi connectivity index (χ2v) is 28.6. The number of fused-ring (bicyclic) bond motifs is 2. The van der Waals surface area contributed by atoms with Crippen molar-refractivity contribution in [3.05, 3.63) is 48.8 Å². The van der Waals surface area contributed by atoms with Crippen LogP contribution < -0.4 is 21.3 Å². The molecule has 2 atom stereocenters. The van der Waals surface area contributed by atoms with Crippen molar-refractivity contribution in [1.29, 1.82) is 0 Å². The minimum Gasteiger partial charge on any atom is -0.381 e. The third kappa shape index (κ3) is 46.0. The zero-order valence-electron chi connectivity index (χ0n) is 63.7. The van der Waals surface area contributed by atoms with E-state index >= 15 is 0 Å². The largest absolute Gasteiger partial charge is 0.381 e. The van der Waals surface area contributed by atoms with Crippen LogP contribution in [0.15, 0.2) is 43.2 Å². The van der Waals surface area contributed by atoms with E-state index < -0.39 is 9.84 Å². The fourth-order valence-electron chi connectivity index (χ4n) is 12.4. The summed E-state index contributed by atoms with van der Waals surface area (Å²) in [6.45, 7) is 69.4. The minimum absolute atomic E-state index is 0.348. The van der Waals surface area contributed by atoms with Gasteiger partial charge >= 0.3 is 0 Å². The van der Waals surface area contributed by atoms with Gasteiger partial charge in [-0.05, 0) is 206 Å². The van der Waals surface area contributed by atoms with Gasteiger partial charge in [-0.2, -0.15) is 0 Å². The van der Waals surface area contributed by atoms with Gasteiger partial charge in [0.25, 0.3) is 0 Å². The molecular formula is C74H152N16O4S. The third-order valence-corrected chi connectivity index (χ3v) is 21.5. The van der Waals surface area contributed by atoms with E-state index in [1.54, 1.807) is 12.5 Å². The second kappa shape index (κ2) is 60.5. The number of morpholine rings is 1. The van der Waals surface area contributed by atoms with Crippen molar-refractivity contribution in [3.63, 3.8) is 0 Å². The molecule has 2 aromatic heterocycles. The van der Waals surface area contributed by atoms with E-state index in [9.17, 15) is 8.42 Å². The lowest BCUT2D eigenvalue weighted by Crippen LogP contribution is -2.43. The molecular weight excluding hydrogens is 1210 g/mol. The normalized spacial score (nSPS) is 23.4. The molecule has 2 aromatic rings. The van der Waals surface area contributed by atoms with Gasteiger partial charge in [0.15, 0.2) is 9.84 Å². The predicted octanol–water partition coefficient (Wildman–Crippen LogP) is 7.89. The third-order valence-electron chi connectivity index (χ3n) is 19.9. The summed E-state index contributed by atoms with van der Waals surface area (Å²) in [4.78, 5) is 29.6. The van der Waals surface area contributed by atoms with Gasteiger partial charge in [0, 0.05) is 155 Å². The van der Waals surface area contributed by atoms with Gasteiger partial charge in [-0.3, -0.25) is 19.7 Å². The fourth-order valence-corrected chi connectivity index (χ4v) is 13.7. The number of piperazine rings is 2. The summed E-state index contributed by atoms with van der Waals surface area (Å²) < 4.78 is 34.1. The molecule has 11 fully saturated rings. The molecule has 0 saturated carbocycles. The molecule has 2 bridgehead atoms. The number of sulfone groups is 1. The Kier molecular flexibility index (Phi) is 56.5. The zero-order chi connectivity index (χ0) is 69.3. The monoisotopic (exact) mass is 1360 g/mol. The Morgan fingerprint density at radius 2 is 0.905 bits per heavy atom. The number of rotatable bonds is 12. The Labute approximate surface area is 585 Å². The van der Waals surface area contributed by atoms with Crippen LogP contribution in [0.5, 0.6) is 0 Å². The summed E-state index contributed by atoms with van der Waals surface area (Å²) in [6, 6.07) is 5.76. The van der Waals surface area contributed by atoms with Gasteiger partial charge in [-0.1, -0.05) is 89.0 Å². The van der Waals surface area contributed by atoms with Crippen LogP contribution in [-0.4, -0.2) is 327 Å². The molecule has 13 heterocycles. The quantitative estimate of drug-likeness (QED) is 0.162. The number of aryl methyl sites for hydroxylation is 2. The van der Waals surface area contributed by atoms with E-state index in [0.717, 1.165) is 96.8 Å². The van der Waals surface area contributed by atoms with E-state index in [0.29, 0.717) is 11.5 Å². The van der Waals surface area contributed by atoms with Crippen LogP contribution in [0.2, 0.25) is 0 Å². The summed E-state index contributed by atoms with van der Waals surface area (Å²) in [5.41, 5.74) is 1.35. The average molecular weight is 1360 g/mol. The number of nitrogens with one attached hydrogen (secondary N) is 4. The van der Waals surface area contributed by atoms with Gasteiger partial charge in [0.1, 0.15) is 0 Å². The molecule has 95 heavy (non-hydrogen) atoms. The molecule has 11 aliphatic rings. The topological polar surface area (TPSA) is 161 Å². The van der Waals surface area contributed by atoms with E-state index in [1.165, 1.54) is 246 Å². The molecule has 558 valence electrons. The number of likely N-dealkylation sites (N-methyl/N-ethyl adjacent to an activating group) is 5. The van der Waals surface area contributed by atoms with Gasteiger partial charge in [-0.25, -0.2) is 13.4 Å². The van der Waals surface area contributed by atoms with Crippen LogP contribution in [0, 0.1) is 5.92 Å². The highest BCUT2D eigenvalue weighted by Crippen LogP contribution is 2.22. The number of piperidine rings is 1. The highest BCUT2D eigenvalue weighted by molar-refractivity contribution is 7.91. The van der Waals surface area contributed by atoms with Crippen molar-refractivity contribution in [1.82, 2.24) is 79.9 Å². The highest BCUT2D eigenvalue weighted by atomic mass is 32.2. The van der Waals surface area contributed by atoms with Crippen LogP contribution in [0.4, 0.5) is 0 Å². The molecule has 0 spiro atoms. The first-order chi connectivity index (χ1) is 46.4. The Morgan fingerprint density at radius 3 is 1.24 bits per heavy atom. The predicted molar refractivity (Wildman–Crippen MR) is 405 cm³/mol. The Bertz CT molecular complexity index is 1910. The van der Waals surface area contributed by atoms with E-state index in [1.807, 2.05) is 35.3 Å². The summed E-state index contributed by atoms with van der Waals surface area (Å²) >= 11 is 0. The lowest BCUT2D eigenvalue weighted by Gasteiger charge is -2.28. The SMILES string of the molecule is CCC1CCOCC1.CCN1CCC1.CCN1CCCC1.CCN1CCCCC1.CCN1CCCNCC1.CCN1CCNC1.CCN1CCNCC1.CCN1CCOCC1.CCN1CCS(=O)(=O)CC1.CCN1C[C@@H]2C[C@H]1CN2.CCc1ccncc1.CCn1ccnc1.